The molecule has 4 heteroatoms. The summed E-state index contributed by atoms with van der Waals surface area (Å²) in [5, 5.41) is 7.24. The molecule has 0 saturated carbocycles. The number of nitrogens with zero attached hydrogens (tertiary/aromatic N) is 2. The summed E-state index contributed by atoms with van der Waals surface area (Å²) in [5.74, 6) is 0. The topological polar surface area (TPSA) is 30.5 Å². The van der Waals surface area contributed by atoms with E-state index in [0.717, 1.165) is 19.6 Å². The zero-order chi connectivity index (χ0) is 17.3. The van der Waals surface area contributed by atoms with Crippen LogP contribution < -0.4 is 10.6 Å². The van der Waals surface area contributed by atoms with E-state index >= 15 is 0 Å². The fraction of sp³-hybridized carbons (Fsp3) is 1.00. The van der Waals surface area contributed by atoms with Gasteiger partial charge in [-0.25, -0.2) is 0 Å². The minimum atomic E-state index is 0.643. The van der Waals surface area contributed by atoms with E-state index in [-0.39, 0.29) is 0 Å². The average Bonchev–Trinajstić information content (AvgIpc) is 2.57. The van der Waals surface area contributed by atoms with Crippen LogP contribution in [-0.4, -0.2) is 74.7 Å². The molecule has 0 aliphatic heterocycles. The molecule has 0 aliphatic rings. The predicted octanol–water partition coefficient (Wildman–Crippen LogP) is 2.80. The monoisotopic (exact) mass is 328 g/mol. The Bertz CT molecular complexity index is 227. The molecule has 0 amide bonds. The molecule has 0 fully saturated rings. The van der Waals surface area contributed by atoms with E-state index < -0.39 is 0 Å². The van der Waals surface area contributed by atoms with Crippen molar-refractivity contribution in [3.05, 3.63) is 0 Å². The van der Waals surface area contributed by atoms with Gasteiger partial charge in [-0.05, 0) is 91.5 Å². The van der Waals surface area contributed by atoms with Crippen molar-refractivity contribution in [1.82, 2.24) is 20.4 Å². The van der Waals surface area contributed by atoms with Crippen LogP contribution in [0.25, 0.3) is 0 Å². The molecule has 0 aromatic heterocycles. The first-order valence-corrected chi connectivity index (χ1v) is 10.1. The average molecular weight is 329 g/mol. The lowest BCUT2D eigenvalue weighted by Crippen LogP contribution is -2.32. The third-order valence-corrected chi connectivity index (χ3v) is 4.75. The lowest BCUT2D eigenvalue weighted by Gasteiger charge is -2.19. The highest BCUT2D eigenvalue weighted by atomic mass is 15.1. The van der Waals surface area contributed by atoms with Gasteiger partial charge in [0.25, 0.3) is 0 Å². The highest BCUT2D eigenvalue weighted by molar-refractivity contribution is 4.63. The molecule has 0 saturated heterocycles. The van der Waals surface area contributed by atoms with Crippen LogP contribution in [0.3, 0.4) is 0 Å². The van der Waals surface area contributed by atoms with Crippen LogP contribution in [0, 0.1) is 0 Å². The molecule has 0 rings (SSSR count). The van der Waals surface area contributed by atoms with Crippen LogP contribution in [0.1, 0.15) is 60.3 Å². The second-order valence-corrected chi connectivity index (χ2v) is 6.51. The van der Waals surface area contributed by atoms with Gasteiger partial charge >= 0.3 is 0 Å². The van der Waals surface area contributed by atoms with Crippen molar-refractivity contribution < 1.29 is 0 Å². The summed E-state index contributed by atoms with van der Waals surface area (Å²) in [6.45, 7) is 21.9. The van der Waals surface area contributed by atoms with Crippen molar-refractivity contribution in [2.75, 3.05) is 58.9 Å². The summed E-state index contributed by atoms with van der Waals surface area (Å²) in [5.41, 5.74) is 0. The predicted molar refractivity (Wildman–Crippen MR) is 104 cm³/mol. The Balaban J connectivity index is 3.35. The molecule has 23 heavy (non-hydrogen) atoms. The highest BCUT2D eigenvalue weighted by Gasteiger charge is 2.02. The molecule has 0 aromatic rings. The molecule has 0 radical (unpaired) electrons. The van der Waals surface area contributed by atoms with Crippen LogP contribution in [0.2, 0.25) is 0 Å². The molecule has 0 aliphatic carbocycles. The second kappa shape index (κ2) is 16.7. The van der Waals surface area contributed by atoms with E-state index in [4.69, 9.17) is 0 Å². The van der Waals surface area contributed by atoms with Crippen LogP contribution in [-0.2, 0) is 0 Å². The quantitative estimate of drug-likeness (QED) is 0.402. The van der Waals surface area contributed by atoms with E-state index in [0.29, 0.717) is 6.04 Å². The number of rotatable bonds is 17. The van der Waals surface area contributed by atoms with Gasteiger partial charge in [-0.3, -0.25) is 0 Å². The largest absolute Gasteiger partial charge is 0.317 e. The SMILES string of the molecule is CCN(CC)CCCNCCCC(C)NCCCN(CC)CC. The summed E-state index contributed by atoms with van der Waals surface area (Å²) >= 11 is 0. The van der Waals surface area contributed by atoms with Gasteiger partial charge in [-0.1, -0.05) is 27.7 Å². The highest BCUT2D eigenvalue weighted by Crippen LogP contribution is 1.97. The molecule has 140 valence electrons. The van der Waals surface area contributed by atoms with E-state index in [1.165, 1.54) is 65.0 Å². The van der Waals surface area contributed by atoms with Crippen molar-refractivity contribution in [3.8, 4) is 0 Å². The maximum atomic E-state index is 3.66. The fourth-order valence-corrected chi connectivity index (χ4v) is 2.92. The molecular weight excluding hydrogens is 284 g/mol. The summed E-state index contributed by atoms with van der Waals surface area (Å²) in [4.78, 5) is 4.99. The standard InChI is InChI=1S/C19H44N4/c1-6-22(7-2)17-11-15-20-14-10-13-19(5)21-16-12-18-23(8-3)9-4/h19-21H,6-18H2,1-5H3. The number of hydrogen-bond donors (Lipinski definition) is 2. The minimum absolute atomic E-state index is 0.643. The number of hydrogen-bond acceptors (Lipinski definition) is 4. The van der Waals surface area contributed by atoms with E-state index in [1.807, 2.05) is 0 Å². The summed E-state index contributed by atoms with van der Waals surface area (Å²) in [7, 11) is 0. The molecule has 0 spiro atoms. The first-order valence-electron chi connectivity index (χ1n) is 10.1. The minimum Gasteiger partial charge on any atom is -0.317 e. The van der Waals surface area contributed by atoms with E-state index in [9.17, 15) is 0 Å². The first kappa shape index (κ1) is 22.8. The summed E-state index contributed by atoms with van der Waals surface area (Å²) in [6, 6.07) is 0.643. The summed E-state index contributed by atoms with van der Waals surface area (Å²) < 4.78 is 0. The van der Waals surface area contributed by atoms with Crippen molar-refractivity contribution >= 4 is 0 Å². The van der Waals surface area contributed by atoms with Gasteiger partial charge in [-0.2, -0.15) is 0 Å². The molecular formula is C19H44N4. The van der Waals surface area contributed by atoms with Crippen molar-refractivity contribution in [2.45, 2.75) is 66.3 Å². The molecule has 1 atom stereocenters. The molecule has 0 heterocycles. The Morgan fingerprint density at radius 1 is 0.696 bits per heavy atom. The third-order valence-electron chi connectivity index (χ3n) is 4.75. The molecule has 2 N–H and O–H groups in total. The lowest BCUT2D eigenvalue weighted by molar-refractivity contribution is 0.295. The Morgan fingerprint density at radius 2 is 1.17 bits per heavy atom. The van der Waals surface area contributed by atoms with Gasteiger partial charge < -0.3 is 20.4 Å². The number of nitrogens with one attached hydrogen (secondary N) is 2. The van der Waals surface area contributed by atoms with Crippen LogP contribution >= 0.6 is 0 Å². The van der Waals surface area contributed by atoms with Gasteiger partial charge in [0.1, 0.15) is 0 Å². The first-order chi connectivity index (χ1) is 11.2. The Hall–Kier alpha value is -0.160. The van der Waals surface area contributed by atoms with Crippen LogP contribution in [0.4, 0.5) is 0 Å². The van der Waals surface area contributed by atoms with Crippen molar-refractivity contribution in [3.63, 3.8) is 0 Å². The van der Waals surface area contributed by atoms with Gasteiger partial charge in [0.05, 0.1) is 0 Å². The Morgan fingerprint density at radius 3 is 1.70 bits per heavy atom. The van der Waals surface area contributed by atoms with Gasteiger partial charge in [0, 0.05) is 6.04 Å². The van der Waals surface area contributed by atoms with Gasteiger partial charge in [-0.15, -0.1) is 0 Å². The zero-order valence-corrected chi connectivity index (χ0v) is 16.7. The summed E-state index contributed by atoms with van der Waals surface area (Å²) in [6.07, 6.45) is 5.07. The van der Waals surface area contributed by atoms with Crippen molar-refractivity contribution in [1.29, 1.82) is 0 Å². The van der Waals surface area contributed by atoms with Crippen LogP contribution in [0.5, 0.6) is 0 Å². The van der Waals surface area contributed by atoms with Crippen LogP contribution in [0.15, 0.2) is 0 Å². The molecule has 0 bridgehead atoms. The normalized spacial score (nSPS) is 13.2. The van der Waals surface area contributed by atoms with E-state index in [1.54, 1.807) is 0 Å². The Kier molecular flexibility index (Phi) is 16.6. The van der Waals surface area contributed by atoms with Crippen molar-refractivity contribution in [2.24, 2.45) is 0 Å². The Labute approximate surface area is 146 Å². The fourth-order valence-electron chi connectivity index (χ4n) is 2.92. The second-order valence-electron chi connectivity index (χ2n) is 6.51. The smallest absolute Gasteiger partial charge is 0.00392 e. The molecule has 4 nitrogen and oxygen atoms in total. The van der Waals surface area contributed by atoms with Gasteiger partial charge in [0.2, 0.25) is 0 Å². The maximum Gasteiger partial charge on any atom is 0.00392 e. The molecule has 0 aromatic carbocycles. The van der Waals surface area contributed by atoms with E-state index in [2.05, 4.69) is 55.1 Å². The maximum absolute atomic E-state index is 3.66. The third kappa shape index (κ3) is 13.9. The zero-order valence-electron chi connectivity index (χ0n) is 16.7. The lowest BCUT2D eigenvalue weighted by atomic mass is 10.2. The molecule has 1 unspecified atom stereocenters. The van der Waals surface area contributed by atoms with Gasteiger partial charge in [0.15, 0.2) is 0 Å².